The van der Waals surface area contributed by atoms with Gasteiger partial charge in [0, 0.05) is 0 Å². The summed E-state index contributed by atoms with van der Waals surface area (Å²) in [7, 11) is 0. The minimum atomic E-state index is 0.300. The molecule has 0 saturated carbocycles. The van der Waals surface area contributed by atoms with Crippen LogP contribution in [0, 0.1) is 13.8 Å². The van der Waals surface area contributed by atoms with Gasteiger partial charge in [-0.15, -0.1) is 24.3 Å². The molecule has 0 unspecified atom stereocenters. The van der Waals surface area contributed by atoms with Gasteiger partial charge in [0.2, 0.25) is 0 Å². The SMILES string of the molecule is [CH2-]c1ccccc1.[CH2-]c1ccccc1.[O]=[Zr+2]. The van der Waals surface area contributed by atoms with E-state index < -0.39 is 0 Å². The van der Waals surface area contributed by atoms with Crippen LogP contribution < -0.4 is 0 Å². The summed E-state index contributed by atoms with van der Waals surface area (Å²) in [6.07, 6.45) is 0. The Bertz CT molecular complexity index is 322. The van der Waals surface area contributed by atoms with Gasteiger partial charge in [-0.25, -0.2) is 0 Å². The van der Waals surface area contributed by atoms with E-state index in [0.717, 1.165) is 11.1 Å². The predicted molar refractivity (Wildman–Crippen MR) is 62.5 cm³/mol. The number of hydrogen-bond donors (Lipinski definition) is 0. The van der Waals surface area contributed by atoms with Crippen molar-refractivity contribution in [2.24, 2.45) is 0 Å². The Morgan fingerprint density at radius 1 is 0.625 bits per heavy atom. The van der Waals surface area contributed by atoms with Gasteiger partial charge in [-0.3, -0.25) is 0 Å². The second-order valence-electron chi connectivity index (χ2n) is 2.97. The maximum atomic E-state index is 8.34. The van der Waals surface area contributed by atoms with Crippen LogP contribution in [0.2, 0.25) is 0 Å². The zero-order chi connectivity index (χ0) is 12.2. The zero-order valence-electron chi connectivity index (χ0n) is 9.10. The summed E-state index contributed by atoms with van der Waals surface area (Å²) in [5, 5.41) is 0. The zero-order valence-corrected chi connectivity index (χ0v) is 11.6. The first kappa shape index (κ1) is 14.9. The van der Waals surface area contributed by atoms with Crippen molar-refractivity contribution >= 4 is 0 Å². The molecule has 1 nitrogen and oxygen atoms in total. The molecule has 0 heterocycles. The van der Waals surface area contributed by atoms with E-state index >= 15 is 0 Å². The van der Waals surface area contributed by atoms with Gasteiger partial charge in [-0.05, 0) is 0 Å². The third-order valence-electron chi connectivity index (χ3n) is 1.69. The Morgan fingerprint density at radius 2 is 0.875 bits per heavy atom. The van der Waals surface area contributed by atoms with Crippen LogP contribution >= 0.6 is 0 Å². The Balaban J connectivity index is 0.000000244. The monoisotopic (exact) mass is 288 g/mol. The molecular weight excluding hydrogens is 275 g/mol. The molecule has 2 heteroatoms. The molecule has 0 spiro atoms. The summed E-state index contributed by atoms with van der Waals surface area (Å²) in [5.74, 6) is 0. The van der Waals surface area contributed by atoms with E-state index in [1.165, 1.54) is 0 Å². The molecule has 2 aromatic rings. The van der Waals surface area contributed by atoms with E-state index in [4.69, 9.17) is 2.81 Å². The quantitative estimate of drug-likeness (QED) is 0.677. The Labute approximate surface area is 113 Å². The predicted octanol–water partition coefficient (Wildman–Crippen LogP) is 3.62. The van der Waals surface area contributed by atoms with Gasteiger partial charge >= 0.3 is 27.5 Å². The molecule has 2 aromatic carbocycles. The van der Waals surface area contributed by atoms with E-state index in [1.54, 1.807) is 0 Å². The fraction of sp³-hybridized carbons (Fsp3) is 0. The van der Waals surface area contributed by atoms with Gasteiger partial charge in [0.05, 0.1) is 0 Å². The first-order valence-corrected chi connectivity index (χ1v) is 5.74. The molecule has 0 saturated heterocycles. The van der Waals surface area contributed by atoms with E-state index in [1.807, 2.05) is 60.7 Å². The number of rotatable bonds is 0. The van der Waals surface area contributed by atoms with Gasteiger partial charge in [0.1, 0.15) is 0 Å². The standard InChI is InChI=1S/2C7H7.O.Zr/c2*1-7-5-3-2-4-6-7;;/h2*2-6H,1H2;;/q2*-1;;+2. The van der Waals surface area contributed by atoms with Crippen LogP contribution in [0.4, 0.5) is 0 Å². The molecule has 16 heavy (non-hydrogen) atoms. The average Bonchev–Trinajstić information content (AvgIpc) is 2.34. The fourth-order valence-corrected chi connectivity index (χ4v) is 0.956. The van der Waals surface area contributed by atoms with Crippen molar-refractivity contribution in [3.8, 4) is 0 Å². The topological polar surface area (TPSA) is 17.1 Å². The van der Waals surface area contributed by atoms with Gasteiger partial charge in [0.25, 0.3) is 0 Å². The molecule has 0 aliphatic carbocycles. The molecule has 0 aliphatic heterocycles. The van der Waals surface area contributed by atoms with Crippen molar-refractivity contribution in [2.75, 3.05) is 0 Å². The van der Waals surface area contributed by atoms with E-state index in [-0.39, 0.29) is 0 Å². The van der Waals surface area contributed by atoms with Crippen LogP contribution in [-0.4, -0.2) is 0 Å². The first-order valence-electron chi connectivity index (χ1n) is 4.73. The van der Waals surface area contributed by atoms with Gasteiger partial charge in [-0.1, -0.05) is 12.1 Å². The van der Waals surface area contributed by atoms with Gasteiger partial charge in [-0.2, -0.15) is 49.2 Å². The normalized spacial score (nSPS) is 7.88. The molecule has 0 fully saturated rings. The van der Waals surface area contributed by atoms with Crippen molar-refractivity contribution in [1.82, 2.24) is 0 Å². The summed E-state index contributed by atoms with van der Waals surface area (Å²) < 4.78 is 8.34. The molecule has 80 valence electrons. The van der Waals surface area contributed by atoms with Crippen LogP contribution in [0.1, 0.15) is 11.1 Å². The van der Waals surface area contributed by atoms with Crippen molar-refractivity contribution in [3.05, 3.63) is 85.6 Å². The number of hydrogen-bond acceptors (Lipinski definition) is 1. The maximum absolute atomic E-state index is 8.34. The molecule has 2 rings (SSSR count). The molecule has 0 aromatic heterocycles. The molecule has 0 atom stereocenters. The minimum absolute atomic E-state index is 0.300. The summed E-state index contributed by atoms with van der Waals surface area (Å²) in [6, 6.07) is 19.7. The molecule has 0 bridgehead atoms. The van der Waals surface area contributed by atoms with Crippen molar-refractivity contribution in [2.45, 2.75) is 0 Å². The Kier molecular flexibility index (Phi) is 9.65. The van der Waals surface area contributed by atoms with E-state index in [0.29, 0.717) is 24.7 Å². The molecular formula is C14H14OZr. The fourth-order valence-electron chi connectivity index (χ4n) is 0.956. The van der Waals surface area contributed by atoms with Crippen LogP contribution in [0.25, 0.3) is 0 Å². The number of benzene rings is 2. The Hall–Kier alpha value is -1.14. The third-order valence-corrected chi connectivity index (χ3v) is 1.69. The van der Waals surface area contributed by atoms with Crippen LogP contribution in [0.3, 0.4) is 0 Å². The van der Waals surface area contributed by atoms with Crippen molar-refractivity contribution in [3.63, 3.8) is 0 Å². The molecule has 0 amide bonds. The van der Waals surface area contributed by atoms with E-state index in [9.17, 15) is 0 Å². The van der Waals surface area contributed by atoms with Crippen LogP contribution in [-0.2, 0) is 27.5 Å². The molecule has 0 radical (unpaired) electrons. The summed E-state index contributed by atoms with van der Waals surface area (Å²) in [5.41, 5.74) is 2.14. The third kappa shape index (κ3) is 8.19. The summed E-state index contributed by atoms with van der Waals surface area (Å²) in [4.78, 5) is 0. The van der Waals surface area contributed by atoms with Crippen molar-refractivity contribution < 1.29 is 27.5 Å². The summed E-state index contributed by atoms with van der Waals surface area (Å²) in [6.45, 7) is 7.44. The van der Waals surface area contributed by atoms with Crippen LogP contribution in [0.15, 0.2) is 60.7 Å². The second-order valence-corrected chi connectivity index (χ2v) is 2.97. The van der Waals surface area contributed by atoms with Crippen molar-refractivity contribution in [1.29, 1.82) is 0 Å². The van der Waals surface area contributed by atoms with Gasteiger partial charge < -0.3 is 0 Å². The first-order chi connectivity index (χ1) is 7.79. The summed E-state index contributed by atoms with van der Waals surface area (Å²) >= 11 is 0.300. The average molecular weight is 289 g/mol. The molecule has 0 N–H and O–H groups in total. The van der Waals surface area contributed by atoms with Crippen LogP contribution in [0.5, 0.6) is 0 Å². The van der Waals surface area contributed by atoms with E-state index in [2.05, 4.69) is 13.8 Å². The Morgan fingerprint density at radius 3 is 1.00 bits per heavy atom. The molecule has 0 aliphatic rings. The second kappa shape index (κ2) is 10.4. The van der Waals surface area contributed by atoms with Gasteiger partial charge in [0.15, 0.2) is 0 Å².